The lowest BCUT2D eigenvalue weighted by Crippen LogP contribution is -2.35. The quantitative estimate of drug-likeness (QED) is 0.673. The van der Waals surface area contributed by atoms with Gasteiger partial charge in [0, 0.05) is 0 Å². The van der Waals surface area contributed by atoms with Gasteiger partial charge < -0.3 is 19.8 Å². The lowest BCUT2D eigenvalue weighted by Gasteiger charge is -2.10. The van der Waals surface area contributed by atoms with Crippen molar-refractivity contribution in [3.63, 3.8) is 0 Å². The fourth-order valence-corrected chi connectivity index (χ4v) is 3.06. The number of furan rings is 1. The molecule has 0 saturated carbocycles. The monoisotopic (exact) mass is 370 g/mol. The molecule has 6 nitrogen and oxygen atoms in total. The van der Waals surface area contributed by atoms with E-state index in [1.54, 1.807) is 29.5 Å². The molecule has 3 aromatic rings. The maximum Gasteiger partial charge on any atom is 0.313 e. The van der Waals surface area contributed by atoms with Crippen molar-refractivity contribution in [1.82, 2.24) is 5.32 Å². The summed E-state index contributed by atoms with van der Waals surface area (Å²) in [5.41, 5.74) is 1.39. The van der Waals surface area contributed by atoms with Crippen LogP contribution in [0.3, 0.4) is 0 Å². The first kappa shape index (κ1) is 17.8. The van der Waals surface area contributed by atoms with Gasteiger partial charge in [0.15, 0.2) is 0 Å². The molecule has 0 unspecified atom stereocenters. The van der Waals surface area contributed by atoms with Crippen molar-refractivity contribution < 1.29 is 18.7 Å². The Balaban J connectivity index is 1.58. The number of hydrogen-bond acceptors (Lipinski definition) is 5. The fourth-order valence-electron chi connectivity index (χ4n) is 2.37. The molecule has 1 aromatic carbocycles. The summed E-state index contributed by atoms with van der Waals surface area (Å²) >= 11 is 1.57. The van der Waals surface area contributed by atoms with E-state index in [2.05, 4.69) is 10.6 Å². The summed E-state index contributed by atoms with van der Waals surface area (Å²) in [6, 6.07) is 12.8. The highest BCUT2D eigenvalue weighted by Crippen LogP contribution is 2.27. The summed E-state index contributed by atoms with van der Waals surface area (Å²) in [4.78, 5) is 25.1. The van der Waals surface area contributed by atoms with E-state index in [0.717, 1.165) is 16.2 Å². The largest absolute Gasteiger partial charge is 0.495 e. The Hall–Kier alpha value is -3.06. The lowest BCUT2D eigenvalue weighted by atomic mass is 10.2. The number of benzene rings is 1. The highest BCUT2D eigenvalue weighted by molar-refractivity contribution is 7.13. The van der Waals surface area contributed by atoms with Crippen LogP contribution in [0.15, 0.2) is 52.3 Å². The number of thiophene rings is 1. The van der Waals surface area contributed by atoms with E-state index in [0.29, 0.717) is 17.2 Å². The van der Waals surface area contributed by atoms with E-state index < -0.39 is 11.8 Å². The standard InChI is InChI=1S/C19H18N2O4S/c1-12-5-7-15(24-2)14(10-12)21-19(23)18(22)20-11-13-6-8-16(25-13)17-4-3-9-26-17/h3-10H,11H2,1-2H3,(H,20,22)(H,21,23). The van der Waals surface area contributed by atoms with Crippen LogP contribution < -0.4 is 15.4 Å². The number of carbonyl (C=O) groups excluding carboxylic acids is 2. The number of ether oxygens (including phenoxy) is 1. The molecule has 2 heterocycles. The van der Waals surface area contributed by atoms with Crippen molar-refractivity contribution in [1.29, 1.82) is 0 Å². The number of amides is 2. The van der Waals surface area contributed by atoms with Gasteiger partial charge in [0.1, 0.15) is 17.3 Å². The third-order valence-electron chi connectivity index (χ3n) is 3.66. The zero-order chi connectivity index (χ0) is 18.5. The van der Waals surface area contributed by atoms with Gasteiger partial charge in [-0.05, 0) is 48.2 Å². The van der Waals surface area contributed by atoms with E-state index in [9.17, 15) is 9.59 Å². The van der Waals surface area contributed by atoms with Gasteiger partial charge in [-0.2, -0.15) is 0 Å². The molecule has 0 fully saturated rings. The molecule has 3 rings (SSSR count). The second kappa shape index (κ2) is 7.88. The summed E-state index contributed by atoms with van der Waals surface area (Å²) in [6.07, 6.45) is 0. The van der Waals surface area contributed by atoms with Crippen molar-refractivity contribution in [3.05, 3.63) is 59.2 Å². The zero-order valence-electron chi connectivity index (χ0n) is 14.4. The predicted octanol–water partition coefficient (Wildman–Crippen LogP) is 3.58. The Labute approximate surface area is 154 Å². The van der Waals surface area contributed by atoms with Gasteiger partial charge in [-0.15, -0.1) is 11.3 Å². The minimum Gasteiger partial charge on any atom is -0.495 e. The molecule has 134 valence electrons. The second-order valence-electron chi connectivity index (χ2n) is 5.58. The Morgan fingerprint density at radius 1 is 1.15 bits per heavy atom. The van der Waals surface area contributed by atoms with Crippen LogP contribution in [0.5, 0.6) is 5.75 Å². The molecular weight excluding hydrogens is 352 g/mol. The van der Waals surface area contributed by atoms with E-state index in [-0.39, 0.29) is 6.54 Å². The summed E-state index contributed by atoms with van der Waals surface area (Å²) in [5.74, 6) is 0.283. The van der Waals surface area contributed by atoms with Crippen LogP contribution in [0.25, 0.3) is 10.6 Å². The third-order valence-corrected chi connectivity index (χ3v) is 4.54. The molecule has 2 aromatic heterocycles. The molecule has 2 N–H and O–H groups in total. The Morgan fingerprint density at radius 2 is 2.00 bits per heavy atom. The van der Waals surface area contributed by atoms with Gasteiger partial charge in [-0.25, -0.2) is 0 Å². The van der Waals surface area contributed by atoms with E-state index in [1.807, 2.05) is 36.6 Å². The molecule has 26 heavy (non-hydrogen) atoms. The number of anilines is 1. The van der Waals surface area contributed by atoms with Crippen LogP contribution in [0.2, 0.25) is 0 Å². The van der Waals surface area contributed by atoms with Crippen molar-refractivity contribution in [2.45, 2.75) is 13.5 Å². The lowest BCUT2D eigenvalue weighted by molar-refractivity contribution is -0.136. The topological polar surface area (TPSA) is 80.6 Å². The second-order valence-corrected chi connectivity index (χ2v) is 6.53. The average Bonchev–Trinajstić information content (AvgIpc) is 3.31. The van der Waals surface area contributed by atoms with Crippen LogP contribution in [0, 0.1) is 6.92 Å². The van der Waals surface area contributed by atoms with Crippen LogP contribution in [-0.4, -0.2) is 18.9 Å². The first-order chi connectivity index (χ1) is 12.6. The van der Waals surface area contributed by atoms with Gasteiger partial charge in [0.2, 0.25) is 0 Å². The van der Waals surface area contributed by atoms with Gasteiger partial charge >= 0.3 is 11.8 Å². The molecule has 7 heteroatoms. The molecule has 0 atom stereocenters. The minimum absolute atomic E-state index is 0.128. The highest BCUT2D eigenvalue weighted by Gasteiger charge is 2.16. The molecule has 0 spiro atoms. The average molecular weight is 370 g/mol. The zero-order valence-corrected chi connectivity index (χ0v) is 15.2. The van der Waals surface area contributed by atoms with Crippen LogP contribution >= 0.6 is 11.3 Å². The van der Waals surface area contributed by atoms with Crippen molar-refractivity contribution >= 4 is 28.8 Å². The van der Waals surface area contributed by atoms with Crippen molar-refractivity contribution in [2.75, 3.05) is 12.4 Å². The molecule has 0 aliphatic rings. The molecule has 0 bridgehead atoms. The summed E-state index contributed by atoms with van der Waals surface area (Å²) in [7, 11) is 1.50. The molecule has 0 saturated heterocycles. The van der Waals surface area contributed by atoms with Gasteiger partial charge in [-0.1, -0.05) is 12.1 Å². The molecule has 0 radical (unpaired) electrons. The van der Waals surface area contributed by atoms with Gasteiger partial charge in [0.25, 0.3) is 0 Å². The minimum atomic E-state index is -0.765. The number of hydrogen-bond donors (Lipinski definition) is 2. The Bertz CT molecular complexity index is 916. The number of methoxy groups -OCH3 is 1. The van der Waals surface area contributed by atoms with Crippen LogP contribution in [0.4, 0.5) is 5.69 Å². The maximum absolute atomic E-state index is 12.1. The third kappa shape index (κ3) is 4.12. The van der Waals surface area contributed by atoms with E-state index in [1.165, 1.54) is 7.11 Å². The fraction of sp³-hybridized carbons (Fsp3) is 0.158. The van der Waals surface area contributed by atoms with E-state index >= 15 is 0 Å². The molecule has 0 aliphatic carbocycles. The first-order valence-electron chi connectivity index (χ1n) is 7.93. The van der Waals surface area contributed by atoms with Crippen molar-refractivity contribution in [2.24, 2.45) is 0 Å². The SMILES string of the molecule is COc1ccc(C)cc1NC(=O)C(=O)NCc1ccc(-c2cccs2)o1. The first-order valence-corrected chi connectivity index (χ1v) is 8.81. The predicted molar refractivity (Wildman–Crippen MR) is 100 cm³/mol. The molecule has 0 aliphatic heterocycles. The van der Waals surface area contributed by atoms with Crippen LogP contribution in [0.1, 0.15) is 11.3 Å². The summed E-state index contributed by atoms with van der Waals surface area (Å²) < 4.78 is 10.9. The van der Waals surface area contributed by atoms with Crippen molar-refractivity contribution in [3.8, 4) is 16.4 Å². The summed E-state index contributed by atoms with van der Waals surface area (Å²) in [6.45, 7) is 2.01. The van der Waals surface area contributed by atoms with Crippen LogP contribution in [-0.2, 0) is 16.1 Å². The number of nitrogens with one attached hydrogen (secondary N) is 2. The normalized spacial score (nSPS) is 10.4. The number of rotatable bonds is 5. The molecular formula is C19H18N2O4S. The van der Waals surface area contributed by atoms with Gasteiger partial charge in [0.05, 0.1) is 24.2 Å². The maximum atomic E-state index is 12.1. The smallest absolute Gasteiger partial charge is 0.313 e. The van der Waals surface area contributed by atoms with Gasteiger partial charge in [-0.3, -0.25) is 9.59 Å². The Kier molecular flexibility index (Phi) is 5.38. The number of carbonyl (C=O) groups is 2. The van der Waals surface area contributed by atoms with E-state index in [4.69, 9.17) is 9.15 Å². The molecule has 2 amide bonds. The highest BCUT2D eigenvalue weighted by atomic mass is 32.1. The Morgan fingerprint density at radius 3 is 2.73 bits per heavy atom. The summed E-state index contributed by atoms with van der Waals surface area (Å²) in [5, 5.41) is 7.07. The number of aryl methyl sites for hydroxylation is 1.